The van der Waals surface area contributed by atoms with E-state index in [1.165, 1.54) is 0 Å². The van der Waals surface area contributed by atoms with Crippen molar-refractivity contribution in [3.05, 3.63) is 64.1 Å². The number of hydrogen-bond acceptors (Lipinski definition) is 2. The Balaban J connectivity index is 3.50. The first-order valence-electron chi connectivity index (χ1n) is 5.23. The van der Waals surface area contributed by atoms with Crippen molar-refractivity contribution in [3.8, 4) is 6.07 Å². The summed E-state index contributed by atoms with van der Waals surface area (Å²) < 4.78 is 0. The zero-order valence-corrected chi connectivity index (χ0v) is 9.95. The normalized spacial score (nSPS) is 11.5. The van der Waals surface area contributed by atoms with Gasteiger partial charge in [0.2, 0.25) is 0 Å². The van der Waals surface area contributed by atoms with E-state index < -0.39 is 0 Å². The van der Waals surface area contributed by atoms with Crippen LogP contribution in [0.3, 0.4) is 0 Å². The van der Waals surface area contributed by atoms with Gasteiger partial charge in [-0.3, -0.25) is 4.79 Å². The first-order valence-corrected chi connectivity index (χ1v) is 5.23. The molecule has 0 saturated heterocycles. The van der Waals surface area contributed by atoms with Crippen LogP contribution in [0.25, 0.3) is 5.57 Å². The maximum absolute atomic E-state index is 11.4. The van der Waals surface area contributed by atoms with E-state index >= 15 is 0 Å². The van der Waals surface area contributed by atoms with E-state index in [2.05, 4.69) is 11.6 Å². The Bertz CT molecular complexity index is 583. The van der Waals surface area contributed by atoms with Crippen LogP contribution in [0.5, 0.6) is 0 Å². The molecule has 0 atom stereocenters. The Kier molecular flexibility index (Phi) is 4.24. The van der Waals surface area contributed by atoms with Gasteiger partial charge < -0.3 is 4.98 Å². The Morgan fingerprint density at radius 3 is 2.82 bits per heavy atom. The van der Waals surface area contributed by atoms with Crippen LogP contribution in [0.2, 0.25) is 0 Å². The summed E-state index contributed by atoms with van der Waals surface area (Å²) in [6.07, 6.45) is 7.31. The molecule has 1 rings (SSSR count). The van der Waals surface area contributed by atoms with Gasteiger partial charge in [0.1, 0.15) is 11.6 Å². The zero-order valence-electron chi connectivity index (χ0n) is 9.95. The fourth-order valence-corrected chi connectivity index (χ4v) is 1.55. The summed E-state index contributed by atoms with van der Waals surface area (Å²) in [4.78, 5) is 14.1. The molecule has 3 nitrogen and oxygen atoms in total. The minimum atomic E-state index is -0.354. The number of nitrogens with zero attached hydrogens (tertiary/aromatic N) is 1. The van der Waals surface area contributed by atoms with Crippen LogP contribution in [-0.2, 0) is 0 Å². The summed E-state index contributed by atoms with van der Waals surface area (Å²) in [5.74, 6) is 0. The molecule has 0 saturated carbocycles. The number of nitriles is 1. The molecule has 1 N–H and O–H groups in total. The van der Waals surface area contributed by atoms with Crippen molar-refractivity contribution in [2.45, 2.75) is 13.8 Å². The van der Waals surface area contributed by atoms with Crippen LogP contribution < -0.4 is 5.56 Å². The van der Waals surface area contributed by atoms with Crippen molar-refractivity contribution >= 4 is 5.57 Å². The number of H-pyrrole nitrogens is 1. The SMILES string of the molecule is C=C/C=C(\C=C/C)c1cc(C#N)c(=O)[nH]c1C. The number of aromatic amines is 1. The molecule has 0 amide bonds. The third kappa shape index (κ3) is 2.82. The topological polar surface area (TPSA) is 56.6 Å². The van der Waals surface area contributed by atoms with Crippen LogP contribution >= 0.6 is 0 Å². The van der Waals surface area contributed by atoms with Crippen LogP contribution in [0.15, 0.2) is 41.7 Å². The number of hydrogen-bond donors (Lipinski definition) is 1. The second-order valence-corrected chi connectivity index (χ2v) is 3.52. The van der Waals surface area contributed by atoms with E-state index in [0.29, 0.717) is 0 Å². The molecule has 3 heteroatoms. The van der Waals surface area contributed by atoms with Crippen LogP contribution in [0.4, 0.5) is 0 Å². The number of allylic oxidation sites excluding steroid dienone is 5. The first-order chi connectivity index (χ1) is 8.13. The molecule has 0 unspecified atom stereocenters. The Morgan fingerprint density at radius 2 is 2.29 bits per heavy atom. The summed E-state index contributed by atoms with van der Waals surface area (Å²) in [5, 5.41) is 8.85. The highest BCUT2D eigenvalue weighted by molar-refractivity contribution is 5.76. The van der Waals surface area contributed by atoms with Crippen LogP contribution in [0, 0.1) is 18.3 Å². The Hall–Kier alpha value is -2.34. The molecule has 0 aliphatic rings. The predicted molar refractivity (Wildman–Crippen MR) is 69.5 cm³/mol. The molecular formula is C14H14N2O. The highest BCUT2D eigenvalue weighted by atomic mass is 16.1. The van der Waals surface area contributed by atoms with E-state index in [1.54, 1.807) is 19.1 Å². The number of aryl methyl sites for hydroxylation is 1. The summed E-state index contributed by atoms with van der Waals surface area (Å²) in [7, 11) is 0. The Morgan fingerprint density at radius 1 is 1.59 bits per heavy atom. The molecule has 1 aromatic heterocycles. The molecule has 0 bridgehead atoms. The number of nitrogens with one attached hydrogen (secondary N) is 1. The summed E-state index contributed by atoms with van der Waals surface area (Å²) in [6.45, 7) is 7.36. The lowest BCUT2D eigenvalue weighted by Crippen LogP contribution is -2.12. The maximum atomic E-state index is 11.4. The van der Waals surface area contributed by atoms with Crippen molar-refractivity contribution in [3.63, 3.8) is 0 Å². The lowest BCUT2D eigenvalue weighted by atomic mass is 10.0. The highest BCUT2D eigenvalue weighted by Gasteiger charge is 2.07. The van der Waals surface area contributed by atoms with Crippen molar-refractivity contribution in [2.24, 2.45) is 0 Å². The quantitative estimate of drug-likeness (QED) is 0.805. The van der Waals surface area contributed by atoms with Gasteiger partial charge >= 0.3 is 0 Å². The summed E-state index contributed by atoms with van der Waals surface area (Å²) in [6, 6.07) is 3.48. The Labute approximate surface area is 100 Å². The van der Waals surface area contributed by atoms with Crippen molar-refractivity contribution < 1.29 is 0 Å². The lowest BCUT2D eigenvalue weighted by molar-refractivity contribution is 1.12. The van der Waals surface area contributed by atoms with Crippen LogP contribution in [-0.4, -0.2) is 4.98 Å². The van der Waals surface area contributed by atoms with Gasteiger partial charge in [0.05, 0.1) is 0 Å². The molecule has 0 aliphatic heterocycles. The van der Waals surface area contributed by atoms with Gasteiger partial charge in [-0.2, -0.15) is 5.26 Å². The van der Waals surface area contributed by atoms with Gasteiger partial charge in [-0.1, -0.05) is 30.9 Å². The molecule has 1 aromatic rings. The van der Waals surface area contributed by atoms with Crippen molar-refractivity contribution in [2.75, 3.05) is 0 Å². The maximum Gasteiger partial charge on any atom is 0.266 e. The van der Waals surface area contributed by atoms with E-state index in [0.717, 1.165) is 16.8 Å². The largest absolute Gasteiger partial charge is 0.325 e. The fourth-order valence-electron chi connectivity index (χ4n) is 1.55. The molecule has 0 fully saturated rings. The predicted octanol–water partition coefficient (Wildman–Crippen LogP) is 2.70. The van der Waals surface area contributed by atoms with E-state index in [4.69, 9.17) is 5.26 Å². The van der Waals surface area contributed by atoms with Gasteiger partial charge in [0.15, 0.2) is 0 Å². The molecule has 1 heterocycles. The van der Waals surface area contributed by atoms with Crippen molar-refractivity contribution in [1.29, 1.82) is 5.26 Å². The number of aromatic nitrogens is 1. The minimum absolute atomic E-state index is 0.116. The minimum Gasteiger partial charge on any atom is -0.325 e. The van der Waals surface area contributed by atoms with Gasteiger partial charge in [-0.25, -0.2) is 0 Å². The monoisotopic (exact) mass is 226 g/mol. The zero-order chi connectivity index (χ0) is 12.8. The molecular weight excluding hydrogens is 212 g/mol. The highest BCUT2D eigenvalue weighted by Crippen LogP contribution is 2.18. The molecule has 0 spiro atoms. The number of rotatable bonds is 3. The van der Waals surface area contributed by atoms with Gasteiger partial charge in [0, 0.05) is 11.3 Å². The molecule has 17 heavy (non-hydrogen) atoms. The third-order valence-corrected chi connectivity index (χ3v) is 2.31. The van der Waals surface area contributed by atoms with Crippen LogP contribution in [0.1, 0.15) is 23.7 Å². The fraction of sp³-hybridized carbons (Fsp3) is 0.143. The second kappa shape index (κ2) is 5.66. The smallest absolute Gasteiger partial charge is 0.266 e. The first kappa shape index (κ1) is 12.7. The third-order valence-electron chi connectivity index (χ3n) is 2.31. The molecule has 0 aromatic carbocycles. The second-order valence-electron chi connectivity index (χ2n) is 3.52. The van der Waals surface area contributed by atoms with Gasteiger partial charge in [0.25, 0.3) is 5.56 Å². The molecule has 0 aliphatic carbocycles. The average Bonchev–Trinajstić information content (AvgIpc) is 2.29. The average molecular weight is 226 g/mol. The van der Waals surface area contributed by atoms with E-state index in [1.807, 2.05) is 31.2 Å². The van der Waals surface area contributed by atoms with E-state index in [9.17, 15) is 4.79 Å². The standard InChI is InChI=1S/C14H14N2O/c1-4-6-11(7-5-2)13-8-12(9-15)14(17)16-10(13)3/h4-8H,1H2,2-3H3,(H,16,17)/b7-5-,11-6+. The van der Waals surface area contributed by atoms with Gasteiger partial charge in [-0.05, 0) is 25.5 Å². The molecule has 0 radical (unpaired) electrons. The molecule has 86 valence electrons. The lowest BCUT2D eigenvalue weighted by Gasteiger charge is -2.06. The summed E-state index contributed by atoms with van der Waals surface area (Å²) >= 11 is 0. The van der Waals surface area contributed by atoms with Crippen molar-refractivity contribution in [1.82, 2.24) is 4.98 Å². The van der Waals surface area contributed by atoms with Gasteiger partial charge in [-0.15, -0.1) is 0 Å². The number of pyridine rings is 1. The summed E-state index contributed by atoms with van der Waals surface area (Å²) in [5.41, 5.74) is 2.24. The van der Waals surface area contributed by atoms with E-state index in [-0.39, 0.29) is 11.1 Å².